The van der Waals surface area contributed by atoms with Crippen LogP contribution >= 0.6 is 0 Å². The third-order valence-electron chi connectivity index (χ3n) is 2.73. The van der Waals surface area contributed by atoms with Crippen molar-refractivity contribution in [1.82, 2.24) is 4.90 Å². The van der Waals surface area contributed by atoms with Gasteiger partial charge in [0.1, 0.15) is 0 Å². The van der Waals surface area contributed by atoms with Crippen molar-refractivity contribution in [3.05, 3.63) is 0 Å². The van der Waals surface area contributed by atoms with Gasteiger partial charge in [-0.25, -0.2) is 0 Å². The Morgan fingerprint density at radius 1 is 1.38 bits per heavy atom. The molecule has 2 N–H and O–H groups in total. The molecule has 78 valence electrons. The van der Waals surface area contributed by atoms with Gasteiger partial charge in [-0.15, -0.1) is 0 Å². The molecule has 0 aromatic carbocycles. The summed E-state index contributed by atoms with van der Waals surface area (Å²) in [5, 5.41) is 18.2. The highest BCUT2D eigenvalue weighted by molar-refractivity contribution is 4.78. The molecule has 1 unspecified atom stereocenters. The van der Waals surface area contributed by atoms with Crippen molar-refractivity contribution in [3.8, 4) is 0 Å². The molecule has 1 atom stereocenters. The van der Waals surface area contributed by atoms with Crippen molar-refractivity contribution in [3.63, 3.8) is 0 Å². The maximum atomic E-state index is 9.29. The average Bonchev–Trinajstić information content (AvgIpc) is 2.54. The lowest BCUT2D eigenvalue weighted by Crippen LogP contribution is -2.40. The Bertz CT molecular complexity index is 133. The third-order valence-corrected chi connectivity index (χ3v) is 2.73. The summed E-state index contributed by atoms with van der Waals surface area (Å²) in [6.45, 7) is 3.41. The van der Waals surface area contributed by atoms with Crippen LogP contribution in [0, 0.1) is 0 Å². The lowest BCUT2D eigenvalue weighted by Gasteiger charge is -2.29. The van der Waals surface area contributed by atoms with Crippen LogP contribution in [0.1, 0.15) is 32.6 Å². The topological polar surface area (TPSA) is 43.7 Å². The molecule has 0 amide bonds. The van der Waals surface area contributed by atoms with Crippen LogP contribution < -0.4 is 0 Å². The van der Waals surface area contributed by atoms with E-state index in [1.807, 2.05) is 0 Å². The molecule has 0 aromatic heterocycles. The number of rotatable bonds is 5. The number of hydrogen-bond acceptors (Lipinski definition) is 3. The van der Waals surface area contributed by atoms with Gasteiger partial charge >= 0.3 is 0 Å². The highest BCUT2D eigenvalue weighted by Gasteiger charge is 2.22. The fourth-order valence-electron chi connectivity index (χ4n) is 2.16. The molecule has 0 heterocycles. The minimum absolute atomic E-state index is 0.198. The van der Waals surface area contributed by atoms with Gasteiger partial charge in [0.2, 0.25) is 0 Å². The second-order valence-corrected chi connectivity index (χ2v) is 4.01. The Hall–Kier alpha value is -0.120. The Kier molecular flexibility index (Phi) is 4.70. The summed E-state index contributed by atoms with van der Waals surface area (Å²) in [5.74, 6) is 0. The van der Waals surface area contributed by atoms with Crippen molar-refractivity contribution in [2.45, 2.75) is 44.8 Å². The fourth-order valence-corrected chi connectivity index (χ4v) is 2.16. The van der Waals surface area contributed by atoms with Gasteiger partial charge in [0.25, 0.3) is 0 Å². The molecule has 1 aliphatic rings. The molecular weight excluding hydrogens is 166 g/mol. The van der Waals surface area contributed by atoms with E-state index in [1.165, 1.54) is 25.7 Å². The lowest BCUT2D eigenvalue weighted by atomic mass is 10.2. The van der Waals surface area contributed by atoms with Gasteiger partial charge in [-0.05, 0) is 19.8 Å². The van der Waals surface area contributed by atoms with Crippen LogP contribution in [0.15, 0.2) is 0 Å². The first kappa shape index (κ1) is 11.0. The van der Waals surface area contributed by atoms with Crippen LogP contribution in [0.2, 0.25) is 0 Å². The van der Waals surface area contributed by atoms with E-state index in [9.17, 15) is 5.11 Å². The minimum atomic E-state index is -0.285. The first-order chi connectivity index (χ1) is 6.24. The lowest BCUT2D eigenvalue weighted by molar-refractivity contribution is 0.0837. The maximum absolute atomic E-state index is 9.29. The van der Waals surface area contributed by atoms with Crippen LogP contribution in [0.25, 0.3) is 0 Å². The molecule has 13 heavy (non-hydrogen) atoms. The summed E-state index contributed by atoms with van der Waals surface area (Å²) in [7, 11) is 0. The highest BCUT2D eigenvalue weighted by Crippen LogP contribution is 2.23. The van der Waals surface area contributed by atoms with E-state index in [0.717, 1.165) is 0 Å². The van der Waals surface area contributed by atoms with E-state index in [1.54, 1.807) is 6.92 Å². The molecule has 0 saturated heterocycles. The van der Waals surface area contributed by atoms with Crippen LogP contribution in [0.5, 0.6) is 0 Å². The van der Waals surface area contributed by atoms with Crippen LogP contribution in [-0.2, 0) is 0 Å². The quantitative estimate of drug-likeness (QED) is 0.662. The summed E-state index contributed by atoms with van der Waals surface area (Å²) in [4.78, 5) is 2.22. The average molecular weight is 187 g/mol. The molecule has 0 bridgehead atoms. The van der Waals surface area contributed by atoms with Gasteiger partial charge in [0.15, 0.2) is 0 Å². The van der Waals surface area contributed by atoms with E-state index >= 15 is 0 Å². The molecular formula is C10H21NO2. The normalized spacial score (nSPS) is 21.2. The largest absolute Gasteiger partial charge is 0.395 e. The third kappa shape index (κ3) is 3.63. The molecule has 1 aliphatic carbocycles. The zero-order valence-corrected chi connectivity index (χ0v) is 8.45. The van der Waals surface area contributed by atoms with E-state index in [-0.39, 0.29) is 12.7 Å². The van der Waals surface area contributed by atoms with E-state index in [0.29, 0.717) is 19.1 Å². The number of aliphatic hydroxyl groups is 2. The van der Waals surface area contributed by atoms with Gasteiger partial charge in [0.05, 0.1) is 12.7 Å². The monoisotopic (exact) mass is 187 g/mol. The summed E-state index contributed by atoms with van der Waals surface area (Å²) >= 11 is 0. The van der Waals surface area contributed by atoms with Crippen molar-refractivity contribution in [1.29, 1.82) is 0 Å². The number of hydrogen-bond donors (Lipinski definition) is 2. The molecule has 1 saturated carbocycles. The standard InChI is InChI=1S/C10H21NO2/c1-9(13)8-11(6-7-12)10-4-2-3-5-10/h9-10,12-13H,2-8H2,1H3. The second kappa shape index (κ2) is 5.58. The van der Waals surface area contributed by atoms with Crippen molar-refractivity contribution < 1.29 is 10.2 Å². The van der Waals surface area contributed by atoms with Crippen molar-refractivity contribution >= 4 is 0 Å². The van der Waals surface area contributed by atoms with E-state index in [2.05, 4.69) is 4.90 Å². The molecule has 3 heteroatoms. The first-order valence-corrected chi connectivity index (χ1v) is 5.27. The summed E-state index contributed by atoms with van der Waals surface area (Å²) in [6, 6.07) is 0.599. The summed E-state index contributed by atoms with van der Waals surface area (Å²) < 4.78 is 0. The fraction of sp³-hybridized carbons (Fsp3) is 1.00. The smallest absolute Gasteiger partial charge is 0.0639 e. The number of nitrogens with zero attached hydrogens (tertiary/aromatic N) is 1. The van der Waals surface area contributed by atoms with Gasteiger partial charge in [-0.2, -0.15) is 0 Å². The SMILES string of the molecule is CC(O)CN(CCO)C1CCCC1. The highest BCUT2D eigenvalue weighted by atomic mass is 16.3. The maximum Gasteiger partial charge on any atom is 0.0639 e. The predicted octanol–water partition coefficient (Wildman–Crippen LogP) is 0.604. The van der Waals surface area contributed by atoms with Gasteiger partial charge in [0, 0.05) is 19.1 Å². The predicted molar refractivity (Wildman–Crippen MR) is 52.6 cm³/mol. The summed E-state index contributed by atoms with van der Waals surface area (Å²) in [5.41, 5.74) is 0. The molecule has 0 spiro atoms. The Labute approximate surface area is 80.4 Å². The zero-order valence-electron chi connectivity index (χ0n) is 8.45. The molecule has 0 radical (unpaired) electrons. The van der Waals surface area contributed by atoms with E-state index in [4.69, 9.17) is 5.11 Å². The Morgan fingerprint density at radius 2 is 2.00 bits per heavy atom. The Balaban J connectivity index is 2.35. The molecule has 1 fully saturated rings. The van der Waals surface area contributed by atoms with Crippen molar-refractivity contribution in [2.24, 2.45) is 0 Å². The first-order valence-electron chi connectivity index (χ1n) is 5.27. The van der Waals surface area contributed by atoms with E-state index < -0.39 is 0 Å². The Morgan fingerprint density at radius 3 is 2.46 bits per heavy atom. The summed E-state index contributed by atoms with van der Waals surface area (Å²) in [6.07, 6.45) is 4.77. The molecule has 0 aromatic rings. The minimum Gasteiger partial charge on any atom is -0.395 e. The molecule has 0 aliphatic heterocycles. The molecule has 3 nitrogen and oxygen atoms in total. The van der Waals surface area contributed by atoms with Crippen LogP contribution in [-0.4, -0.2) is 47.0 Å². The van der Waals surface area contributed by atoms with Gasteiger partial charge in [-0.3, -0.25) is 4.90 Å². The van der Waals surface area contributed by atoms with Crippen LogP contribution in [0.3, 0.4) is 0 Å². The van der Waals surface area contributed by atoms with Crippen molar-refractivity contribution in [2.75, 3.05) is 19.7 Å². The zero-order chi connectivity index (χ0) is 9.68. The number of aliphatic hydroxyl groups excluding tert-OH is 2. The van der Waals surface area contributed by atoms with Gasteiger partial charge < -0.3 is 10.2 Å². The van der Waals surface area contributed by atoms with Crippen LogP contribution in [0.4, 0.5) is 0 Å². The second-order valence-electron chi connectivity index (χ2n) is 4.01. The molecule has 1 rings (SSSR count). The van der Waals surface area contributed by atoms with Gasteiger partial charge in [-0.1, -0.05) is 12.8 Å².